The van der Waals surface area contributed by atoms with E-state index in [0.717, 1.165) is 10.3 Å². The van der Waals surface area contributed by atoms with Gasteiger partial charge in [0.2, 0.25) is 0 Å². The fourth-order valence-electron chi connectivity index (χ4n) is 3.51. The molecule has 2 rings (SSSR count). The zero-order valence-electron chi connectivity index (χ0n) is 18.1. The lowest BCUT2D eigenvalue weighted by Gasteiger charge is -2.35. The Balaban J connectivity index is 2.27. The Hall–Kier alpha value is -2.08. The number of nitrogens with zero attached hydrogens (tertiary/aromatic N) is 2. The van der Waals surface area contributed by atoms with Crippen molar-refractivity contribution in [1.29, 1.82) is 0 Å². The van der Waals surface area contributed by atoms with Gasteiger partial charge >= 0.3 is 6.09 Å². The molecule has 0 aromatic heterocycles. The van der Waals surface area contributed by atoms with E-state index in [-0.39, 0.29) is 12.6 Å². The third kappa shape index (κ3) is 5.96. The maximum Gasteiger partial charge on any atom is 0.412 e. The SMILES string of the molecule is CC(C)C[C@H]1[C@H](/C=[N+](\[O-])Cc2ccccc2)OC(C)(C)N1C(=O)OC(C)(C)C. The molecule has 1 aliphatic rings. The fourth-order valence-corrected chi connectivity index (χ4v) is 3.51. The number of ether oxygens (including phenoxy) is 2. The van der Waals surface area contributed by atoms with Crippen molar-refractivity contribution in [3.8, 4) is 0 Å². The van der Waals surface area contributed by atoms with Crippen LogP contribution in [-0.4, -0.2) is 45.4 Å². The van der Waals surface area contributed by atoms with E-state index in [2.05, 4.69) is 13.8 Å². The van der Waals surface area contributed by atoms with Crippen LogP contribution in [0.15, 0.2) is 30.3 Å². The minimum atomic E-state index is -0.864. The Morgan fingerprint density at radius 1 is 1.32 bits per heavy atom. The van der Waals surface area contributed by atoms with Crippen molar-refractivity contribution in [2.24, 2.45) is 5.92 Å². The van der Waals surface area contributed by atoms with E-state index in [4.69, 9.17) is 9.47 Å². The van der Waals surface area contributed by atoms with Crippen molar-refractivity contribution in [2.45, 2.75) is 84.9 Å². The molecule has 1 aromatic rings. The van der Waals surface area contributed by atoms with Crippen molar-refractivity contribution < 1.29 is 19.0 Å². The maximum absolute atomic E-state index is 12.9. The molecular formula is C22H34N2O4. The molecule has 0 unspecified atom stereocenters. The van der Waals surface area contributed by atoms with E-state index in [1.807, 2.05) is 65.0 Å². The van der Waals surface area contributed by atoms with Gasteiger partial charge in [0.05, 0.1) is 6.04 Å². The fraction of sp³-hybridized carbons (Fsp3) is 0.636. The van der Waals surface area contributed by atoms with E-state index in [0.29, 0.717) is 12.3 Å². The van der Waals surface area contributed by atoms with E-state index in [1.54, 1.807) is 11.1 Å². The number of hydroxylamine groups is 1. The second-order valence-corrected chi connectivity index (χ2v) is 9.29. The van der Waals surface area contributed by atoms with Gasteiger partial charge in [0.15, 0.2) is 18.9 Å². The van der Waals surface area contributed by atoms with Crippen LogP contribution in [0.25, 0.3) is 0 Å². The molecule has 156 valence electrons. The van der Waals surface area contributed by atoms with Gasteiger partial charge in [0.1, 0.15) is 11.3 Å². The summed E-state index contributed by atoms with van der Waals surface area (Å²) in [5.41, 5.74) is -0.540. The van der Waals surface area contributed by atoms with Crippen LogP contribution in [0, 0.1) is 11.1 Å². The number of carbonyl (C=O) groups is 1. The second kappa shape index (κ2) is 8.52. The van der Waals surface area contributed by atoms with Gasteiger partial charge in [0.25, 0.3) is 0 Å². The average molecular weight is 391 g/mol. The highest BCUT2D eigenvalue weighted by atomic mass is 16.6. The number of carbonyl (C=O) groups excluding carboxylic acids is 1. The standard InChI is InChI=1S/C22H34N2O4/c1-16(2)13-18-19(15-23(26)14-17-11-9-8-10-12-17)27-22(6,7)24(18)20(25)28-21(3,4)5/h8-12,15-16,18-19H,13-14H2,1-7H3/b23-15-/t18-,19-/m0/s1. The zero-order valence-corrected chi connectivity index (χ0v) is 18.1. The molecule has 0 radical (unpaired) electrons. The van der Waals surface area contributed by atoms with E-state index < -0.39 is 23.5 Å². The number of amides is 1. The van der Waals surface area contributed by atoms with Crippen LogP contribution in [0.1, 0.15) is 60.5 Å². The van der Waals surface area contributed by atoms with Gasteiger partial charge in [-0.2, -0.15) is 0 Å². The molecule has 0 N–H and O–H groups in total. The third-order valence-electron chi connectivity index (χ3n) is 4.51. The molecule has 28 heavy (non-hydrogen) atoms. The summed E-state index contributed by atoms with van der Waals surface area (Å²) in [4.78, 5) is 14.6. The van der Waals surface area contributed by atoms with Crippen molar-refractivity contribution in [3.05, 3.63) is 41.1 Å². The minimum Gasteiger partial charge on any atom is -0.624 e. The summed E-state index contributed by atoms with van der Waals surface area (Å²) in [7, 11) is 0. The second-order valence-electron chi connectivity index (χ2n) is 9.29. The van der Waals surface area contributed by atoms with Gasteiger partial charge in [-0.15, -0.1) is 0 Å². The summed E-state index contributed by atoms with van der Waals surface area (Å²) < 4.78 is 12.7. The van der Waals surface area contributed by atoms with Crippen LogP contribution in [0.5, 0.6) is 0 Å². The van der Waals surface area contributed by atoms with Gasteiger partial charge in [0, 0.05) is 5.56 Å². The predicted octanol–water partition coefficient (Wildman–Crippen LogP) is 4.55. The monoisotopic (exact) mass is 390 g/mol. The van der Waals surface area contributed by atoms with Crippen molar-refractivity contribution in [2.75, 3.05) is 0 Å². The quantitative estimate of drug-likeness (QED) is 0.320. The predicted molar refractivity (Wildman–Crippen MR) is 110 cm³/mol. The lowest BCUT2D eigenvalue weighted by Crippen LogP contribution is -2.50. The topological polar surface area (TPSA) is 64.8 Å². The number of hydrogen-bond acceptors (Lipinski definition) is 4. The molecule has 0 spiro atoms. The molecule has 0 saturated carbocycles. The third-order valence-corrected chi connectivity index (χ3v) is 4.51. The Labute approximate surface area is 168 Å². The molecule has 1 aliphatic heterocycles. The molecule has 0 bridgehead atoms. The van der Waals surface area contributed by atoms with Crippen molar-refractivity contribution in [1.82, 2.24) is 4.90 Å². The highest BCUT2D eigenvalue weighted by Crippen LogP contribution is 2.36. The van der Waals surface area contributed by atoms with Gasteiger partial charge in [-0.3, -0.25) is 4.90 Å². The molecular weight excluding hydrogens is 356 g/mol. The molecule has 2 atom stereocenters. The van der Waals surface area contributed by atoms with Crippen LogP contribution in [0.3, 0.4) is 0 Å². The number of benzene rings is 1. The Morgan fingerprint density at radius 3 is 2.46 bits per heavy atom. The normalized spacial score (nSPS) is 22.6. The van der Waals surface area contributed by atoms with Crippen LogP contribution in [-0.2, 0) is 16.0 Å². The number of hydrogen-bond donors (Lipinski definition) is 0. The summed E-state index contributed by atoms with van der Waals surface area (Å²) in [5, 5.41) is 12.6. The van der Waals surface area contributed by atoms with Gasteiger partial charge in [-0.1, -0.05) is 44.2 Å². The molecule has 1 fully saturated rings. The highest BCUT2D eigenvalue weighted by molar-refractivity contribution is 5.72. The molecule has 1 aromatic carbocycles. The zero-order chi connectivity index (χ0) is 21.1. The van der Waals surface area contributed by atoms with Gasteiger partial charge in [-0.25, -0.2) is 9.53 Å². The molecule has 1 saturated heterocycles. The first kappa shape index (κ1) is 22.2. The molecule has 6 nitrogen and oxygen atoms in total. The van der Waals surface area contributed by atoms with Crippen LogP contribution < -0.4 is 0 Å². The lowest BCUT2D eigenvalue weighted by atomic mass is 9.98. The Kier molecular flexibility index (Phi) is 6.75. The summed E-state index contributed by atoms with van der Waals surface area (Å²) >= 11 is 0. The van der Waals surface area contributed by atoms with Crippen molar-refractivity contribution >= 4 is 12.3 Å². The smallest absolute Gasteiger partial charge is 0.412 e. The molecule has 1 heterocycles. The minimum absolute atomic E-state index is 0.238. The van der Waals surface area contributed by atoms with E-state index in [1.165, 1.54) is 0 Å². The summed E-state index contributed by atoms with van der Waals surface area (Å²) in [6.07, 6.45) is 1.35. The highest BCUT2D eigenvalue weighted by Gasteiger charge is 2.51. The average Bonchev–Trinajstić information content (AvgIpc) is 2.75. The molecule has 6 heteroatoms. The summed E-state index contributed by atoms with van der Waals surface area (Å²) in [6.45, 7) is 13.6. The Morgan fingerprint density at radius 2 is 1.93 bits per heavy atom. The van der Waals surface area contributed by atoms with Crippen LogP contribution in [0.2, 0.25) is 0 Å². The largest absolute Gasteiger partial charge is 0.624 e. The Bertz CT molecular complexity index is 692. The molecule has 0 aliphatic carbocycles. The van der Waals surface area contributed by atoms with Crippen LogP contribution in [0.4, 0.5) is 4.79 Å². The van der Waals surface area contributed by atoms with Crippen LogP contribution >= 0.6 is 0 Å². The van der Waals surface area contributed by atoms with Crippen molar-refractivity contribution in [3.63, 3.8) is 0 Å². The maximum atomic E-state index is 12.9. The molecule has 1 amide bonds. The number of rotatable bonds is 5. The van der Waals surface area contributed by atoms with Gasteiger partial charge < -0.3 is 14.7 Å². The first-order valence-corrected chi connectivity index (χ1v) is 9.92. The summed E-state index contributed by atoms with van der Waals surface area (Å²) in [6, 6.07) is 9.29. The van der Waals surface area contributed by atoms with E-state index in [9.17, 15) is 10.0 Å². The lowest BCUT2D eigenvalue weighted by molar-refractivity contribution is -0.473. The first-order valence-electron chi connectivity index (χ1n) is 9.92. The summed E-state index contributed by atoms with van der Waals surface area (Å²) in [5.74, 6) is 0.331. The van der Waals surface area contributed by atoms with Gasteiger partial charge in [-0.05, 0) is 47.0 Å². The van der Waals surface area contributed by atoms with E-state index >= 15 is 0 Å². The first-order chi connectivity index (χ1) is 12.9.